The van der Waals surface area contributed by atoms with Gasteiger partial charge in [-0.1, -0.05) is 42.5 Å². The Hall–Kier alpha value is -2.75. The van der Waals surface area contributed by atoms with Crippen LogP contribution < -0.4 is 4.74 Å². The number of nitrogens with zero attached hydrogens (tertiary/aromatic N) is 4. The van der Waals surface area contributed by atoms with Crippen molar-refractivity contribution in [3.05, 3.63) is 65.7 Å². The molecule has 1 aliphatic heterocycles. The molecule has 2 aromatic carbocycles. The molecule has 0 spiro atoms. The second kappa shape index (κ2) is 13.0. The van der Waals surface area contributed by atoms with Crippen molar-refractivity contribution in [1.29, 1.82) is 0 Å². The third kappa shape index (κ3) is 7.15. The van der Waals surface area contributed by atoms with Crippen molar-refractivity contribution < 1.29 is 19.3 Å². The van der Waals surface area contributed by atoms with Crippen molar-refractivity contribution >= 4 is 0 Å². The van der Waals surface area contributed by atoms with Gasteiger partial charge in [0.15, 0.2) is 0 Å². The van der Waals surface area contributed by atoms with Gasteiger partial charge in [-0.05, 0) is 24.6 Å². The highest BCUT2D eigenvalue weighted by atomic mass is 16.5. The minimum Gasteiger partial charge on any atom is -0.439 e. The van der Waals surface area contributed by atoms with E-state index < -0.39 is 6.10 Å². The third-order valence-electron chi connectivity index (χ3n) is 6.37. The van der Waals surface area contributed by atoms with Gasteiger partial charge in [-0.15, -0.1) is 0 Å². The molecule has 1 N–H and O–H groups in total. The Morgan fingerprint density at radius 1 is 1.11 bits per heavy atom. The molecule has 1 atom stereocenters. The van der Waals surface area contributed by atoms with E-state index in [0.717, 1.165) is 54.4 Å². The molecule has 1 aromatic heterocycles. The SMILES string of the molecule is COCCN(Cc1c(-c2ccccc2)nn(C)c1Oc1cccc(C)c1)C[C@@H](O)CN1CCOCC1. The summed E-state index contributed by atoms with van der Waals surface area (Å²) in [7, 11) is 3.61. The first-order valence-electron chi connectivity index (χ1n) is 12.6. The number of aliphatic hydroxyl groups excluding tert-OH is 1. The van der Waals surface area contributed by atoms with E-state index in [1.54, 1.807) is 11.8 Å². The molecule has 0 saturated carbocycles. The molecule has 194 valence electrons. The number of ether oxygens (including phenoxy) is 3. The summed E-state index contributed by atoms with van der Waals surface area (Å²) in [5, 5.41) is 15.8. The molecule has 8 nitrogen and oxygen atoms in total. The Labute approximate surface area is 214 Å². The average Bonchev–Trinajstić information content (AvgIpc) is 3.18. The zero-order valence-electron chi connectivity index (χ0n) is 21.6. The number of rotatable bonds is 12. The molecule has 1 fully saturated rings. The monoisotopic (exact) mass is 494 g/mol. The van der Waals surface area contributed by atoms with E-state index in [9.17, 15) is 5.11 Å². The lowest BCUT2D eigenvalue weighted by molar-refractivity contribution is 0.00434. The summed E-state index contributed by atoms with van der Waals surface area (Å²) in [6.07, 6.45) is -0.488. The zero-order chi connectivity index (χ0) is 25.3. The maximum Gasteiger partial charge on any atom is 0.222 e. The highest BCUT2D eigenvalue weighted by Crippen LogP contribution is 2.34. The van der Waals surface area contributed by atoms with E-state index in [0.29, 0.717) is 38.7 Å². The second-order valence-corrected chi connectivity index (χ2v) is 9.34. The van der Waals surface area contributed by atoms with Gasteiger partial charge in [-0.2, -0.15) is 5.10 Å². The number of hydrogen-bond donors (Lipinski definition) is 1. The van der Waals surface area contributed by atoms with Crippen LogP contribution in [0, 0.1) is 6.92 Å². The smallest absolute Gasteiger partial charge is 0.222 e. The van der Waals surface area contributed by atoms with E-state index in [2.05, 4.69) is 34.9 Å². The molecule has 36 heavy (non-hydrogen) atoms. The minimum atomic E-state index is -0.488. The first-order valence-corrected chi connectivity index (χ1v) is 12.6. The van der Waals surface area contributed by atoms with Gasteiger partial charge in [0.1, 0.15) is 11.4 Å². The largest absolute Gasteiger partial charge is 0.439 e. The maximum atomic E-state index is 11.0. The van der Waals surface area contributed by atoms with E-state index in [4.69, 9.17) is 19.3 Å². The Kier molecular flexibility index (Phi) is 9.49. The van der Waals surface area contributed by atoms with Gasteiger partial charge in [0.2, 0.25) is 5.88 Å². The highest BCUT2D eigenvalue weighted by molar-refractivity contribution is 5.65. The quantitative estimate of drug-likeness (QED) is 0.414. The fourth-order valence-corrected chi connectivity index (χ4v) is 4.56. The van der Waals surface area contributed by atoms with Crippen LogP contribution in [-0.2, 0) is 23.1 Å². The molecule has 1 aliphatic rings. The average molecular weight is 495 g/mol. The summed E-state index contributed by atoms with van der Waals surface area (Å²) in [6.45, 7) is 8.16. The molecule has 0 aliphatic carbocycles. The van der Waals surface area contributed by atoms with Crippen molar-refractivity contribution in [2.75, 3.05) is 59.7 Å². The fraction of sp³-hybridized carbons (Fsp3) is 0.464. The lowest BCUT2D eigenvalue weighted by Crippen LogP contribution is -2.45. The molecule has 0 amide bonds. The number of aliphatic hydroxyl groups is 1. The van der Waals surface area contributed by atoms with E-state index in [-0.39, 0.29) is 0 Å². The van der Waals surface area contributed by atoms with Crippen LogP contribution in [0.3, 0.4) is 0 Å². The van der Waals surface area contributed by atoms with Gasteiger partial charge < -0.3 is 19.3 Å². The molecule has 3 aromatic rings. The number of β-amino-alcohol motifs (C(OH)–C–C–N with tert-alkyl or cyclic N) is 1. The lowest BCUT2D eigenvalue weighted by Gasteiger charge is -2.31. The summed E-state index contributed by atoms with van der Waals surface area (Å²) < 4.78 is 19.1. The maximum absolute atomic E-state index is 11.0. The zero-order valence-corrected chi connectivity index (χ0v) is 21.6. The van der Waals surface area contributed by atoms with E-state index >= 15 is 0 Å². The molecule has 4 rings (SSSR count). The lowest BCUT2D eigenvalue weighted by atomic mass is 10.1. The first kappa shape index (κ1) is 26.3. The third-order valence-corrected chi connectivity index (χ3v) is 6.37. The van der Waals surface area contributed by atoms with Gasteiger partial charge >= 0.3 is 0 Å². The molecular formula is C28H38N4O4. The first-order chi connectivity index (χ1) is 17.5. The predicted molar refractivity (Wildman–Crippen MR) is 140 cm³/mol. The predicted octanol–water partition coefficient (Wildman–Crippen LogP) is 3.33. The van der Waals surface area contributed by atoms with Crippen LogP contribution in [0.25, 0.3) is 11.3 Å². The summed E-state index contributed by atoms with van der Waals surface area (Å²) in [4.78, 5) is 4.48. The molecule has 1 saturated heterocycles. The van der Waals surface area contributed by atoms with Crippen LogP contribution in [-0.4, -0.2) is 90.4 Å². The van der Waals surface area contributed by atoms with Gasteiger partial charge in [-0.3, -0.25) is 9.80 Å². The molecular weight excluding hydrogens is 456 g/mol. The van der Waals surface area contributed by atoms with Crippen molar-refractivity contribution in [3.63, 3.8) is 0 Å². The number of morpholine rings is 1. The van der Waals surface area contributed by atoms with Crippen LogP contribution in [0.5, 0.6) is 11.6 Å². The Bertz CT molecular complexity index is 1080. The van der Waals surface area contributed by atoms with Crippen LogP contribution >= 0.6 is 0 Å². The number of aromatic nitrogens is 2. The topological polar surface area (TPSA) is 72.2 Å². The van der Waals surface area contributed by atoms with Gasteiger partial charge in [0.25, 0.3) is 0 Å². The minimum absolute atomic E-state index is 0.488. The summed E-state index contributed by atoms with van der Waals surface area (Å²) in [5.74, 6) is 1.47. The van der Waals surface area contributed by atoms with Crippen LogP contribution in [0.2, 0.25) is 0 Å². The fourth-order valence-electron chi connectivity index (χ4n) is 4.56. The Morgan fingerprint density at radius 3 is 2.61 bits per heavy atom. The molecule has 8 heteroatoms. The number of hydrogen-bond acceptors (Lipinski definition) is 7. The van der Waals surface area contributed by atoms with Crippen molar-refractivity contribution in [3.8, 4) is 22.9 Å². The highest BCUT2D eigenvalue weighted by Gasteiger charge is 2.24. The van der Waals surface area contributed by atoms with Gasteiger partial charge in [0.05, 0.1) is 31.5 Å². The summed E-state index contributed by atoms with van der Waals surface area (Å²) in [6, 6.07) is 18.2. The van der Waals surface area contributed by atoms with Crippen LogP contribution in [0.4, 0.5) is 0 Å². The van der Waals surface area contributed by atoms with Gasteiger partial charge in [-0.25, -0.2) is 4.68 Å². The number of aryl methyl sites for hydroxylation is 2. The molecule has 2 heterocycles. The Morgan fingerprint density at radius 2 is 1.89 bits per heavy atom. The molecule has 0 radical (unpaired) electrons. The summed E-state index contributed by atoms with van der Waals surface area (Å²) in [5.41, 5.74) is 4.03. The normalized spacial score (nSPS) is 15.4. The van der Waals surface area contributed by atoms with E-state index in [1.165, 1.54) is 0 Å². The van der Waals surface area contributed by atoms with E-state index in [1.807, 2.05) is 43.4 Å². The molecule has 0 unspecified atom stereocenters. The Balaban J connectivity index is 1.61. The summed E-state index contributed by atoms with van der Waals surface area (Å²) >= 11 is 0. The molecule has 0 bridgehead atoms. The van der Waals surface area contributed by atoms with Crippen molar-refractivity contribution in [2.45, 2.75) is 19.6 Å². The standard InChI is InChI=1S/C28H38N4O4/c1-22-8-7-11-25(18-22)36-28-26(27(29-30(28)2)23-9-5-4-6-10-23)21-32(12-15-34-3)20-24(33)19-31-13-16-35-17-14-31/h4-11,18,24,33H,12-17,19-21H2,1-3H3/t24-/m0/s1. The number of benzene rings is 2. The second-order valence-electron chi connectivity index (χ2n) is 9.34. The van der Waals surface area contributed by atoms with Crippen LogP contribution in [0.15, 0.2) is 54.6 Å². The van der Waals surface area contributed by atoms with Crippen molar-refractivity contribution in [1.82, 2.24) is 19.6 Å². The van der Waals surface area contributed by atoms with Crippen molar-refractivity contribution in [2.24, 2.45) is 7.05 Å². The number of methoxy groups -OCH3 is 1. The van der Waals surface area contributed by atoms with Crippen LogP contribution in [0.1, 0.15) is 11.1 Å². The van der Waals surface area contributed by atoms with Gasteiger partial charge in [0, 0.05) is 59.0 Å².